The smallest absolute Gasteiger partial charge is 0.257 e. The molecule has 0 spiro atoms. The van der Waals surface area contributed by atoms with Crippen molar-refractivity contribution in [2.75, 3.05) is 18.4 Å². The molecule has 2 aromatic carbocycles. The third-order valence-corrected chi connectivity index (χ3v) is 8.54. The van der Waals surface area contributed by atoms with Crippen LogP contribution in [0.15, 0.2) is 41.3 Å². The summed E-state index contributed by atoms with van der Waals surface area (Å²) in [6.45, 7) is 7.02. The monoisotopic (exact) mass is 493 g/mol. The van der Waals surface area contributed by atoms with E-state index in [0.717, 1.165) is 41.5 Å². The summed E-state index contributed by atoms with van der Waals surface area (Å²) in [5.74, 6) is -0.351. The zero-order valence-corrected chi connectivity index (χ0v) is 20.9. The molecule has 9 heteroatoms. The number of thiazole rings is 1. The Bertz CT molecular complexity index is 1140. The number of aromatic nitrogens is 1. The van der Waals surface area contributed by atoms with E-state index in [1.807, 2.05) is 32.9 Å². The first-order valence-corrected chi connectivity index (χ1v) is 13.4. The predicted molar refractivity (Wildman–Crippen MR) is 132 cm³/mol. The van der Waals surface area contributed by atoms with Gasteiger partial charge in [-0.2, -0.15) is 4.31 Å². The molecule has 1 heterocycles. The summed E-state index contributed by atoms with van der Waals surface area (Å²) in [5, 5.41) is 3.83. The Hall–Kier alpha value is -2.00. The van der Waals surface area contributed by atoms with Gasteiger partial charge in [-0.25, -0.2) is 13.4 Å². The van der Waals surface area contributed by atoms with Crippen molar-refractivity contribution >= 4 is 54.2 Å². The fourth-order valence-corrected chi connectivity index (χ4v) is 6.00. The molecule has 0 aliphatic carbocycles. The number of aryl methyl sites for hydroxylation is 1. The number of halogens is 1. The van der Waals surface area contributed by atoms with E-state index in [-0.39, 0.29) is 10.8 Å². The molecule has 0 saturated carbocycles. The van der Waals surface area contributed by atoms with E-state index in [2.05, 4.69) is 10.3 Å². The van der Waals surface area contributed by atoms with Crippen LogP contribution in [0.4, 0.5) is 5.13 Å². The molecule has 1 amide bonds. The number of fused-ring (bicyclic) bond motifs is 1. The molecule has 0 atom stereocenters. The van der Waals surface area contributed by atoms with Gasteiger partial charge in [0.05, 0.1) is 20.1 Å². The van der Waals surface area contributed by atoms with Crippen LogP contribution in [0, 0.1) is 6.92 Å². The van der Waals surface area contributed by atoms with Gasteiger partial charge in [0, 0.05) is 18.7 Å². The van der Waals surface area contributed by atoms with Gasteiger partial charge >= 0.3 is 0 Å². The average molecular weight is 494 g/mol. The van der Waals surface area contributed by atoms with Gasteiger partial charge in [0.1, 0.15) is 0 Å². The summed E-state index contributed by atoms with van der Waals surface area (Å²) in [6.07, 6.45) is 3.48. The number of rotatable bonds is 10. The maximum atomic E-state index is 13.1. The molecule has 3 aromatic rings. The van der Waals surface area contributed by atoms with Crippen molar-refractivity contribution in [1.82, 2.24) is 9.29 Å². The van der Waals surface area contributed by atoms with Crippen LogP contribution in [-0.4, -0.2) is 36.7 Å². The van der Waals surface area contributed by atoms with Gasteiger partial charge in [0.25, 0.3) is 5.91 Å². The van der Waals surface area contributed by atoms with Crippen molar-refractivity contribution in [2.24, 2.45) is 0 Å². The van der Waals surface area contributed by atoms with Gasteiger partial charge in [-0.15, -0.1) is 0 Å². The fraction of sp³-hybridized carbons (Fsp3) is 0.391. The lowest BCUT2D eigenvalue weighted by Gasteiger charge is -2.22. The fourth-order valence-electron chi connectivity index (χ4n) is 3.27. The second-order valence-electron chi connectivity index (χ2n) is 7.65. The molecule has 0 fully saturated rings. The number of nitrogens with one attached hydrogen (secondary N) is 1. The van der Waals surface area contributed by atoms with E-state index in [9.17, 15) is 13.2 Å². The third-order valence-electron chi connectivity index (χ3n) is 5.19. The highest BCUT2D eigenvalue weighted by molar-refractivity contribution is 7.89. The molecule has 3 rings (SSSR count). The Kier molecular flexibility index (Phi) is 8.27. The third kappa shape index (κ3) is 5.49. The van der Waals surface area contributed by atoms with E-state index in [1.54, 1.807) is 4.31 Å². The van der Waals surface area contributed by atoms with Gasteiger partial charge in [-0.1, -0.05) is 55.7 Å². The van der Waals surface area contributed by atoms with Crippen LogP contribution in [0.25, 0.3) is 10.2 Å². The Morgan fingerprint density at radius 1 is 1.06 bits per heavy atom. The average Bonchev–Trinajstić information content (AvgIpc) is 3.21. The van der Waals surface area contributed by atoms with Crippen LogP contribution in [0.1, 0.15) is 55.5 Å². The number of nitrogens with zero attached hydrogens (tertiary/aromatic N) is 2. The van der Waals surface area contributed by atoms with E-state index in [4.69, 9.17) is 11.6 Å². The first-order valence-electron chi connectivity index (χ1n) is 10.7. The highest BCUT2D eigenvalue weighted by Crippen LogP contribution is 2.34. The van der Waals surface area contributed by atoms with E-state index in [1.165, 1.54) is 35.6 Å². The Morgan fingerprint density at radius 2 is 1.69 bits per heavy atom. The van der Waals surface area contributed by atoms with Crippen molar-refractivity contribution < 1.29 is 13.2 Å². The normalized spacial score (nSPS) is 11.9. The number of carbonyl (C=O) groups is 1. The molecule has 0 aliphatic heterocycles. The molecule has 0 saturated heterocycles. The van der Waals surface area contributed by atoms with Crippen molar-refractivity contribution in [3.05, 3.63) is 52.5 Å². The number of hydrogen-bond acceptors (Lipinski definition) is 5. The second kappa shape index (κ2) is 10.7. The van der Waals surface area contributed by atoms with Gasteiger partial charge in [0.15, 0.2) is 5.13 Å². The molecular weight excluding hydrogens is 466 g/mol. The molecule has 1 aromatic heterocycles. The zero-order chi connectivity index (χ0) is 23.3. The number of hydrogen-bond donors (Lipinski definition) is 1. The van der Waals surface area contributed by atoms with Crippen LogP contribution in [0.3, 0.4) is 0 Å². The van der Waals surface area contributed by atoms with Crippen molar-refractivity contribution in [2.45, 2.75) is 51.3 Å². The lowest BCUT2D eigenvalue weighted by molar-refractivity contribution is 0.102. The minimum atomic E-state index is -3.60. The molecule has 1 N–H and O–H groups in total. The molecule has 172 valence electrons. The minimum Gasteiger partial charge on any atom is -0.298 e. The molecule has 0 aliphatic rings. The molecule has 6 nitrogen and oxygen atoms in total. The number of benzene rings is 2. The number of unbranched alkanes of at least 4 members (excludes halogenated alkanes) is 2. The van der Waals surface area contributed by atoms with Gasteiger partial charge in [-0.3, -0.25) is 10.1 Å². The van der Waals surface area contributed by atoms with Crippen LogP contribution in [0.5, 0.6) is 0 Å². The minimum absolute atomic E-state index is 0.198. The first kappa shape index (κ1) is 24.6. The highest BCUT2D eigenvalue weighted by atomic mass is 35.5. The lowest BCUT2D eigenvalue weighted by atomic mass is 10.2. The van der Waals surface area contributed by atoms with Crippen molar-refractivity contribution in [3.63, 3.8) is 0 Å². The second-order valence-corrected chi connectivity index (χ2v) is 11.0. The van der Waals surface area contributed by atoms with Crippen LogP contribution >= 0.6 is 22.9 Å². The van der Waals surface area contributed by atoms with E-state index >= 15 is 0 Å². The molecule has 0 radical (unpaired) electrons. The molecule has 32 heavy (non-hydrogen) atoms. The van der Waals surface area contributed by atoms with Crippen LogP contribution in [-0.2, 0) is 10.0 Å². The summed E-state index contributed by atoms with van der Waals surface area (Å²) in [5.41, 5.74) is 2.10. The quantitative estimate of drug-likeness (QED) is 0.370. The van der Waals surface area contributed by atoms with E-state index < -0.39 is 10.0 Å². The number of sulfonamides is 1. The predicted octanol–water partition coefficient (Wildman–Crippen LogP) is 6.10. The lowest BCUT2D eigenvalue weighted by Crippen LogP contribution is -2.33. The Labute approximate surface area is 198 Å². The maximum absolute atomic E-state index is 13.1. The molecular formula is C23H28ClN3O3S2. The summed E-state index contributed by atoms with van der Waals surface area (Å²) >= 11 is 7.55. The number of carbonyl (C=O) groups excluding carboxylic acids is 1. The van der Waals surface area contributed by atoms with Crippen LogP contribution in [0.2, 0.25) is 5.02 Å². The van der Waals surface area contributed by atoms with Gasteiger partial charge in [-0.05, 0) is 55.7 Å². The standard InChI is InChI=1S/C23H28ClN3O3S2/c1-4-6-14-27(15-7-5-2)32(29,30)18-11-9-17(10-12-18)22(28)26-23-25-20-16(3)8-13-19(24)21(20)31-23/h8-13H,4-7,14-15H2,1-3H3,(H,25,26,28). The summed E-state index contributed by atoms with van der Waals surface area (Å²) in [6, 6.07) is 9.76. The summed E-state index contributed by atoms with van der Waals surface area (Å²) in [4.78, 5) is 17.4. The SMILES string of the molecule is CCCCN(CCCC)S(=O)(=O)c1ccc(C(=O)Nc2nc3c(C)ccc(Cl)c3s2)cc1. The largest absolute Gasteiger partial charge is 0.298 e. The van der Waals surface area contributed by atoms with Crippen molar-refractivity contribution in [1.29, 1.82) is 0 Å². The van der Waals surface area contributed by atoms with E-state index in [0.29, 0.717) is 28.8 Å². The first-order chi connectivity index (χ1) is 15.3. The molecule has 0 unspecified atom stereocenters. The zero-order valence-electron chi connectivity index (χ0n) is 18.5. The Balaban J connectivity index is 1.77. The number of anilines is 1. The molecule has 0 bridgehead atoms. The van der Waals surface area contributed by atoms with Gasteiger partial charge < -0.3 is 0 Å². The number of amides is 1. The van der Waals surface area contributed by atoms with Gasteiger partial charge in [0.2, 0.25) is 10.0 Å². The maximum Gasteiger partial charge on any atom is 0.257 e. The summed E-state index contributed by atoms with van der Waals surface area (Å²) in [7, 11) is -3.60. The Morgan fingerprint density at radius 3 is 2.25 bits per heavy atom. The topological polar surface area (TPSA) is 79.4 Å². The van der Waals surface area contributed by atoms with Crippen LogP contribution < -0.4 is 5.32 Å². The van der Waals surface area contributed by atoms with Crippen molar-refractivity contribution in [3.8, 4) is 0 Å². The highest BCUT2D eigenvalue weighted by Gasteiger charge is 2.24. The summed E-state index contributed by atoms with van der Waals surface area (Å²) < 4.78 is 28.5.